The third-order valence-electron chi connectivity index (χ3n) is 3.81. The third-order valence-corrected chi connectivity index (χ3v) is 3.81. The largest absolute Gasteiger partial charge is 0.435 e. The maximum atomic E-state index is 12.8. The highest BCUT2D eigenvalue weighted by molar-refractivity contribution is 5.54. The zero-order chi connectivity index (χ0) is 20.0. The first-order valence-electron chi connectivity index (χ1n) is 7.61. The van der Waals surface area contributed by atoms with Gasteiger partial charge in [0, 0.05) is 11.3 Å². The Hall–Kier alpha value is -2.85. The first kappa shape index (κ1) is 18.9. The van der Waals surface area contributed by atoms with Gasteiger partial charge in [-0.25, -0.2) is 0 Å². The lowest BCUT2D eigenvalue weighted by Crippen LogP contribution is -2.13. The van der Waals surface area contributed by atoms with Gasteiger partial charge in [0.05, 0.1) is 5.56 Å². The van der Waals surface area contributed by atoms with Crippen LogP contribution in [-0.2, 0) is 12.4 Å². The SMILES string of the molecule is Cc1cc(C(F)(F)F)nn1C(C)c1nnc(-c2cccc(C(F)(F)F)c2)o1. The molecule has 1 atom stereocenters. The number of benzene rings is 1. The fourth-order valence-electron chi connectivity index (χ4n) is 2.47. The molecule has 2 aromatic heterocycles. The molecule has 0 radical (unpaired) electrons. The molecule has 0 bridgehead atoms. The van der Waals surface area contributed by atoms with Crippen molar-refractivity contribution >= 4 is 0 Å². The summed E-state index contributed by atoms with van der Waals surface area (Å²) in [4.78, 5) is 0. The van der Waals surface area contributed by atoms with Crippen LogP contribution < -0.4 is 0 Å². The predicted octanol–water partition coefficient (Wildman–Crippen LogP) is 4.89. The summed E-state index contributed by atoms with van der Waals surface area (Å²) in [5.41, 5.74) is -1.69. The fraction of sp³-hybridized carbons (Fsp3) is 0.312. The molecular formula is C16H12F6N4O. The molecule has 1 unspecified atom stereocenters. The smallest absolute Gasteiger partial charge is 0.418 e. The maximum absolute atomic E-state index is 12.8. The molecule has 144 valence electrons. The normalized spacial score (nSPS) is 13.8. The van der Waals surface area contributed by atoms with Gasteiger partial charge in [-0.05, 0) is 38.1 Å². The highest BCUT2D eigenvalue weighted by Gasteiger charge is 2.35. The molecule has 3 aromatic rings. The van der Waals surface area contributed by atoms with Crippen molar-refractivity contribution in [3.8, 4) is 11.5 Å². The lowest BCUT2D eigenvalue weighted by atomic mass is 10.1. The van der Waals surface area contributed by atoms with E-state index >= 15 is 0 Å². The van der Waals surface area contributed by atoms with E-state index < -0.39 is 29.7 Å². The van der Waals surface area contributed by atoms with Gasteiger partial charge in [0.2, 0.25) is 11.8 Å². The number of aryl methyl sites for hydroxylation is 1. The zero-order valence-electron chi connectivity index (χ0n) is 13.9. The first-order chi connectivity index (χ1) is 12.5. The molecule has 1 aromatic carbocycles. The second-order valence-electron chi connectivity index (χ2n) is 5.81. The van der Waals surface area contributed by atoms with Crippen molar-refractivity contribution in [1.82, 2.24) is 20.0 Å². The van der Waals surface area contributed by atoms with Gasteiger partial charge in [0.25, 0.3) is 0 Å². The van der Waals surface area contributed by atoms with Gasteiger partial charge >= 0.3 is 12.4 Å². The molecule has 2 heterocycles. The van der Waals surface area contributed by atoms with E-state index in [9.17, 15) is 26.3 Å². The minimum absolute atomic E-state index is 0.0453. The molecular weight excluding hydrogens is 378 g/mol. The zero-order valence-corrected chi connectivity index (χ0v) is 13.9. The third kappa shape index (κ3) is 3.81. The Bertz CT molecular complexity index is 956. The number of halogens is 6. The second-order valence-corrected chi connectivity index (χ2v) is 5.81. The molecule has 0 fully saturated rings. The Kier molecular flexibility index (Phi) is 4.48. The molecule has 0 saturated carbocycles. The van der Waals surface area contributed by atoms with Crippen LogP contribution in [0.2, 0.25) is 0 Å². The van der Waals surface area contributed by atoms with Gasteiger partial charge in [0.1, 0.15) is 6.04 Å². The van der Waals surface area contributed by atoms with Crippen molar-refractivity contribution in [3.63, 3.8) is 0 Å². The van der Waals surface area contributed by atoms with Crippen molar-refractivity contribution in [2.45, 2.75) is 32.2 Å². The minimum atomic E-state index is -4.60. The summed E-state index contributed by atoms with van der Waals surface area (Å²) in [5, 5.41) is 10.9. The van der Waals surface area contributed by atoms with Crippen LogP contribution in [0.15, 0.2) is 34.7 Å². The maximum Gasteiger partial charge on any atom is 0.435 e. The number of alkyl halides is 6. The summed E-state index contributed by atoms with van der Waals surface area (Å²) < 4.78 is 83.2. The Morgan fingerprint density at radius 3 is 2.30 bits per heavy atom. The molecule has 0 saturated heterocycles. The molecule has 5 nitrogen and oxygen atoms in total. The summed E-state index contributed by atoms with van der Waals surface area (Å²) in [6.45, 7) is 2.92. The number of hydrogen-bond donors (Lipinski definition) is 0. The van der Waals surface area contributed by atoms with Crippen LogP contribution in [0.1, 0.15) is 35.8 Å². The van der Waals surface area contributed by atoms with Crippen LogP contribution in [0.4, 0.5) is 26.3 Å². The van der Waals surface area contributed by atoms with E-state index in [2.05, 4.69) is 15.3 Å². The van der Waals surface area contributed by atoms with Gasteiger partial charge in [-0.1, -0.05) is 6.07 Å². The predicted molar refractivity (Wildman–Crippen MR) is 80.5 cm³/mol. The number of nitrogens with zero attached hydrogens (tertiary/aromatic N) is 4. The van der Waals surface area contributed by atoms with E-state index in [1.165, 1.54) is 26.0 Å². The molecule has 3 rings (SSSR count). The van der Waals surface area contributed by atoms with Gasteiger partial charge in [-0.2, -0.15) is 31.4 Å². The standard InChI is InChI=1S/C16H12F6N4O/c1-8-6-12(16(20,21)22)25-26(8)9(2)13-23-24-14(27-13)10-4-3-5-11(7-10)15(17,18)19/h3-7,9H,1-2H3. The molecule has 0 aliphatic carbocycles. The summed E-state index contributed by atoms with van der Waals surface area (Å²) in [7, 11) is 0. The van der Waals surface area contributed by atoms with Crippen molar-refractivity contribution in [1.29, 1.82) is 0 Å². The fourth-order valence-corrected chi connectivity index (χ4v) is 2.47. The van der Waals surface area contributed by atoms with Gasteiger partial charge in [-0.3, -0.25) is 4.68 Å². The summed E-state index contributed by atoms with van der Waals surface area (Å²) in [6.07, 6.45) is -9.14. The topological polar surface area (TPSA) is 56.7 Å². The first-order valence-corrected chi connectivity index (χ1v) is 7.61. The van der Waals surface area contributed by atoms with Crippen LogP contribution >= 0.6 is 0 Å². The van der Waals surface area contributed by atoms with Gasteiger partial charge in [-0.15, -0.1) is 10.2 Å². The van der Waals surface area contributed by atoms with E-state index in [4.69, 9.17) is 4.42 Å². The Morgan fingerprint density at radius 1 is 1.00 bits per heavy atom. The molecule has 27 heavy (non-hydrogen) atoms. The molecule has 0 spiro atoms. The second kappa shape index (κ2) is 6.39. The number of aromatic nitrogens is 4. The van der Waals surface area contributed by atoms with E-state index in [1.54, 1.807) is 0 Å². The van der Waals surface area contributed by atoms with Crippen LogP contribution in [-0.4, -0.2) is 20.0 Å². The van der Waals surface area contributed by atoms with Crippen LogP contribution in [0.25, 0.3) is 11.5 Å². The average molecular weight is 390 g/mol. The van der Waals surface area contributed by atoms with Crippen LogP contribution in [0.5, 0.6) is 0 Å². The minimum Gasteiger partial charge on any atom is -0.418 e. The summed E-state index contributed by atoms with van der Waals surface area (Å²) in [5.74, 6) is -0.258. The number of rotatable bonds is 3. The van der Waals surface area contributed by atoms with Crippen molar-refractivity contribution in [3.05, 3.63) is 53.2 Å². The van der Waals surface area contributed by atoms with Crippen LogP contribution in [0.3, 0.4) is 0 Å². The Labute approximate surface area is 148 Å². The molecule has 0 N–H and O–H groups in total. The van der Waals surface area contributed by atoms with Crippen molar-refractivity contribution in [2.75, 3.05) is 0 Å². The van der Waals surface area contributed by atoms with E-state index in [0.717, 1.165) is 22.9 Å². The van der Waals surface area contributed by atoms with Crippen molar-refractivity contribution < 1.29 is 30.8 Å². The molecule has 0 aliphatic heterocycles. The highest BCUT2D eigenvalue weighted by Crippen LogP contribution is 2.33. The summed E-state index contributed by atoms with van der Waals surface area (Å²) in [6, 6.07) is 4.34. The van der Waals surface area contributed by atoms with Crippen molar-refractivity contribution in [2.24, 2.45) is 0 Å². The molecule has 0 aliphatic rings. The lowest BCUT2D eigenvalue weighted by molar-refractivity contribution is -0.141. The van der Waals surface area contributed by atoms with E-state index in [1.807, 2.05) is 0 Å². The molecule has 0 amide bonds. The van der Waals surface area contributed by atoms with E-state index in [-0.39, 0.29) is 23.0 Å². The van der Waals surface area contributed by atoms with Crippen LogP contribution in [0, 0.1) is 6.92 Å². The summed E-state index contributed by atoms with van der Waals surface area (Å²) >= 11 is 0. The average Bonchev–Trinajstić information content (AvgIpc) is 3.20. The quantitative estimate of drug-likeness (QED) is 0.598. The highest BCUT2D eigenvalue weighted by atomic mass is 19.4. The van der Waals surface area contributed by atoms with Gasteiger partial charge in [0.15, 0.2) is 5.69 Å². The van der Waals surface area contributed by atoms with Gasteiger partial charge < -0.3 is 4.42 Å². The Balaban J connectivity index is 1.91. The number of hydrogen-bond acceptors (Lipinski definition) is 4. The monoisotopic (exact) mass is 390 g/mol. The van der Waals surface area contributed by atoms with E-state index in [0.29, 0.717) is 0 Å². The lowest BCUT2D eigenvalue weighted by Gasteiger charge is -2.10. The Morgan fingerprint density at radius 2 is 1.70 bits per heavy atom. The molecule has 11 heteroatoms.